The van der Waals surface area contributed by atoms with Gasteiger partial charge in [0.15, 0.2) is 0 Å². The fraction of sp³-hybridized carbons (Fsp3) is 1.00. The van der Waals surface area contributed by atoms with Crippen LogP contribution in [0.15, 0.2) is 0 Å². The molecule has 0 spiro atoms. The maximum Gasteiger partial charge on any atom is 0.00671 e. The van der Waals surface area contributed by atoms with Gasteiger partial charge < -0.3 is 11.1 Å². The van der Waals surface area contributed by atoms with Gasteiger partial charge in [-0.2, -0.15) is 0 Å². The van der Waals surface area contributed by atoms with Crippen LogP contribution in [0.5, 0.6) is 0 Å². The van der Waals surface area contributed by atoms with E-state index in [9.17, 15) is 0 Å². The predicted octanol–water partition coefficient (Wildman–Crippen LogP) is 3.70. The molecule has 1 rings (SSSR count). The lowest BCUT2D eigenvalue weighted by Gasteiger charge is -2.24. The summed E-state index contributed by atoms with van der Waals surface area (Å²) in [6.07, 6.45) is 10.8. The highest BCUT2D eigenvalue weighted by Gasteiger charge is 2.18. The molecule has 1 aliphatic carbocycles. The number of hydrogen-bond acceptors (Lipinski definition) is 2. The highest BCUT2D eigenvalue weighted by Crippen LogP contribution is 2.26. The lowest BCUT2D eigenvalue weighted by Crippen LogP contribution is -2.30. The molecule has 1 fully saturated rings. The zero-order valence-electron chi connectivity index (χ0n) is 12.8. The zero-order chi connectivity index (χ0) is 13.4. The van der Waals surface area contributed by atoms with Crippen LogP contribution in [0, 0.1) is 11.3 Å². The summed E-state index contributed by atoms with van der Waals surface area (Å²) in [6, 6.07) is 0.785. The molecule has 3 N–H and O–H groups in total. The average Bonchev–Trinajstić information content (AvgIpc) is 2.50. The molecule has 0 saturated heterocycles. The van der Waals surface area contributed by atoms with E-state index in [1.807, 2.05) is 0 Å². The molecule has 2 unspecified atom stereocenters. The van der Waals surface area contributed by atoms with Gasteiger partial charge in [-0.1, -0.05) is 33.6 Å². The molecule has 18 heavy (non-hydrogen) atoms. The first-order chi connectivity index (χ1) is 8.53. The van der Waals surface area contributed by atoms with E-state index in [1.165, 1.54) is 51.5 Å². The molecule has 2 atom stereocenters. The molecule has 2 heteroatoms. The van der Waals surface area contributed by atoms with E-state index >= 15 is 0 Å². The van der Waals surface area contributed by atoms with Crippen LogP contribution in [-0.2, 0) is 0 Å². The minimum absolute atomic E-state index is 0.425. The van der Waals surface area contributed by atoms with Gasteiger partial charge in [0.1, 0.15) is 0 Å². The predicted molar refractivity (Wildman–Crippen MR) is 80.7 cm³/mol. The van der Waals surface area contributed by atoms with Crippen molar-refractivity contribution in [2.45, 2.75) is 78.2 Å². The van der Waals surface area contributed by atoms with Crippen molar-refractivity contribution in [1.29, 1.82) is 0 Å². The Labute approximate surface area is 114 Å². The number of hydrogen-bond donors (Lipinski definition) is 2. The molecule has 0 aliphatic heterocycles. The minimum atomic E-state index is 0.425. The lowest BCUT2D eigenvalue weighted by molar-refractivity contribution is 0.297. The van der Waals surface area contributed by atoms with E-state index in [-0.39, 0.29) is 0 Å². The van der Waals surface area contributed by atoms with Crippen molar-refractivity contribution in [3.8, 4) is 0 Å². The summed E-state index contributed by atoms with van der Waals surface area (Å²) >= 11 is 0. The van der Waals surface area contributed by atoms with Gasteiger partial charge in [0, 0.05) is 6.04 Å². The quantitative estimate of drug-likeness (QED) is 0.537. The minimum Gasteiger partial charge on any atom is -0.330 e. The maximum atomic E-state index is 5.65. The number of nitrogens with two attached hydrogens (primary N) is 1. The Morgan fingerprint density at radius 3 is 2.61 bits per heavy atom. The van der Waals surface area contributed by atoms with Crippen molar-refractivity contribution < 1.29 is 0 Å². The van der Waals surface area contributed by atoms with Crippen molar-refractivity contribution in [3.63, 3.8) is 0 Å². The van der Waals surface area contributed by atoms with E-state index in [0.29, 0.717) is 5.41 Å². The number of rotatable bonds is 7. The molecule has 0 amide bonds. The molecular weight excluding hydrogens is 220 g/mol. The summed E-state index contributed by atoms with van der Waals surface area (Å²) in [5.41, 5.74) is 6.08. The molecule has 108 valence electrons. The summed E-state index contributed by atoms with van der Waals surface area (Å²) in [5, 5.41) is 3.77. The van der Waals surface area contributed by atoms with Crippen molar-refractivity contribution in [2.24, 2.45) is 17.1 Å². The average molecular weight is 254 g/mol. The van der Waals surface area contributed by atoms with E-state index in [2.05, 4.69) is 26.1 Å². The molecular formula is C16H34N2. The molecule has 0 aromatic carbocycles. The first-order valence-corrected chi connectivity index (χ1v) is 7.97. The monoisotopic (exact) mass is 254 g/mol. The normalized spacial score (nSPS) is 26.0. The Morgan fingerprint density at radius 1 is 1.11 bits per heavy atom. The van der Waals surface area contributed by atoms with E-state index in [0.717, 1.165) is 24.9 Å². The Hall–Kier alpha value is -0.0800. The maximum absolute atomic E-state index is 5.65. The van der Waals surface area contributed by atoms with Crippen molar-refractivity contribution in [2.75, 3.05) is 13.1 Å². The van der Waals surface area contributed by atoms with Crippen LogP contribution in [0.2, 0.25) is 0 Å². The van der Waals surface area contributed by atoms with Crippen LogP contribution in [0.3, 0.4) is 0 Å². The van der Waals surface area contributed by atoms with Gasteiger partial charge in [-0.05, 0) is 62.9 Å². The Kier molecular flexibility index (Phi) is 7.25. The van der Waals surface area contributed by atoms with Crippen molar-refractivity contribution in [1.82, 2.24) is 5.32 Å². The Bertz CT molecular complexity index is 213. The van der Waals surface area contributed by atoms with Gasteiger partial charge in [-0.25, -0.2) is 0 Å². The van der Waals surface area contributed by atoms with Crippen molar-refractivity contribution in [3.05, 3.63) is 0 Å². The topological polar surface area (TPSA) is 38.0 Å². The third-order valence-electron chi connectivity index (χ3n) is 4.54. The van der Waals surface area contributed by atoms with Gasteiger partial charge in [0.2, 0.25) is 0 Å². The van der Waals surface area contributed by atoms with Crippen LogP contribution in [0.25, 0.3) is 0 Å². The molecule has 0 heterocycles. The molecule has 1 saturated carbocycles. The zero-order valence-corrected chi connectivity index (χ0v) is 12.8. The van der Waals surface area contributed by atoms with Crippen LogP contribution in [-0.4, -0.2) is 19.1 Å². The first kappa shape index (κ1) is 16.0. The van der Waals surface area contributed by atoms with E-state index < -0.39 is 0 Å². The standard InChI is InChI=1S/C16H34N2/c1-14-6-4-7-15(9-8-14)18-13-5-10-16(2,3)11-12-17/h14-15,18H,4-13,17H2,1-3H3. The summed E-state index contributed by atoms with van der Waals surface area (Å²) in [6.45, 7) is 9.09. The Morgan fingerprint density at radius 2 is 1.89 bits per heavy atom. The van der Waals surface area contributed by atoms with E-state index in [4.69, 9.17) is 5.73 Å². The van der Waals surface area contributed by atoms with Crippen LogP contribution >= 0.6 is 0 Å². The summed E-state index contributed by atoms with van der Waals surface area (Å²) < 4.78 is 0. The fourth-order valence-electron chi connectivity index (χ4n) is 3.08. The third kappa shape index (κ3) is 6.75. The van der Waals surface area contributed by atoms with Gasteiger partial charge in [0.05, 0.1) is 0 Å². The van der Waals surface area contributed by atoms with Crippen LogP contribution in [0.4, 0.5) is 0 Å². The number of nitrogens with one attached hydrogen (secondary N) is 1. The fourth-order valence-corrected chi connectivity index (χ4v) is 3.08. The molecule has 0 bridgehead atoms. The van der Waals surface area contributed by atoms with Crippen LogP contribution in [0.1, 0.15) is 72.1 Å². The van der Waals surface area contributed by atoms with Gasteiger partial charge >= 0.3 is 0 Å². The second kappa shape index (κ2) is 8.16. The van der Waals surface area contributed by atoms with Gasteiger partial charge in [-0.3, -0.25) is 0 Å². The lowest BCUT2D eigenvalue weighted by atomic mass is 9.84. The van der Waals surface area contributed by atoms with Crippen LogP contribution < -0.4 is 11.1 Å². The summed E-state index contributed by atoms with van der Waals surface area (Å²) in [7, 11) is 0. The second-order valence-corrected chi connectivity index (χ2v) is 7.07. The molecule has 2 nitrogen and oxygen atoms in total. The third-order valence-corrected chi connectivity index (χ3v) is 4.54. The van der Waals surface area contributed by atoms with E-state index in [1.54, 1.807) is 0 Å². The molecule has 0 aromatic heterocycles. The molecule has 0 radical (unpaired) electrons. The highest BCUT2D eigenvalue weighted by atomic mass is 14.9. The second-order valence-electron chi connectivity index (χ2n) is 7.07. The first-order valence-electron chi connectivity index (χ1n) is 7.97. The Balaban J connectivity index is 2.10. The van der Waals surface area contributed by atoms with Gasteiger partial charge in [-0.15, -0.1) is 0 Å². The smallest absolute Gasteiger partial charge is 0.00671 e. The van der Waals surface area contributed by atoms with Gasteiger partial charge in [0.25, 0.3) is 0 Å². The molecule has 0 aromatic rings. The SMILES string of the molecule is CC1CCCC(NCCCC(C)(C)CCN)CC1. The highest BCUT2D eigenvalue weighted by molar-refractivity contribution is 4.74. The summed E-state index contributed by atoms with van der Waals surface area (Å²) in [4.78, 5) is 0. The molecule has 1 aliphatic rings. The largest absolute Gasteiger partial charge is 0.330 e. The van der Waals surface area contributed by atoms with Crippen molar-refractivity contribution >= 4 is 0 Å². The summed E-state index contributed by atoms with van der Waals surface area (Å²) in [5.74, 6) is 0.945.